The third kappa shape index (κ3) is 3.35. The van der Waals surface area contributed by atoms with Gasteiger partial charge in [0.1, 0.15) is 6.04 Å². The van der Waals surface area contributed by atoms with Gasteiger partial charge in [-0.1, -0.05) is 63.2 Å². The Morgan fingerprint density at radius 1 is 1.06 bits per heavy atom. The number of anilines is 1. The summed E-state index contributed by atoms with van der Waals surface area (Å²) in [6, 6.07) is 14.4. The highest BCUT2D eigenvalue weighted by molar-refractivity contribution is 6.09. The molecule has 2 bridgehead atoms. The standard InChI is InChI=1S/C27H32N2O3/c1-17-10-9-13-21(18(17)2)28-23(30)22(16-19-11-7-6-8-12-19)29-24(31)20-14-15-27(5,25(29)32)26(20,3)4/h6-13,20,22H,14-16H2,1-5H3,(H,28,30). The number of amides is 3. The van der Waals surface area contributed by atoms with Crippen LogP contribution in [0.25, 0.3) is 0 Å². The summed E-state index contributed by atoms with van der Waals surface area (Å²) in [5.74, 6) is -1.02. The molecule has 0 aromatic heterocycles. The second-order valence-electron chi connectivity index (χ2n) is 10.1. The number of piperidine rings is 1. The van der Waals surface area contributed by atoms with Crippen LogP contribution in [-0.2, 0) is 20.8 Å². The molecule has 1 saturated heterocycles. The fraction of sp³-hybridized carbons (Fsp3) is 0.444. The van der Waals surface area contributed by atoms with Crippen molar-refractivity contribution in [1.82, 2.24) is 4.90 Å². The normalized spacial score (nSPS) is 25.0. The van der Waals surface area contributed by atoms with Crippen molar-refractivity contribution in [3.05, 3.63) is 65.2 Å². The number of nitrogens with one attached hydrogen (secondary N) is 1. The molecule has 2 aromatic carbocycles. The third-order valence-electron chi connectivity index (χ3n) is 8.20. The van der Waals surface area contributed by atoms with Crippen LogP contribution < -0.4 is 5.32 Å². The van der Waals surface area contributed by atoms with Crippen molar-refractivity contribution >= 4 is 23.4 Å². The van der Waals surface area contributed by atoms with Crippen LogP contribution in [0.4, 0.5) is 5.69 Å². The van der Waals surface area contributed by atoms with Gasteiger partial charge in [0.15, 0.2) is 0 Å². The molecule has 168 valence electrons. The van der Waals surface area contributed by atoms with Crippen LogP contribution in [0.1, 0.15) is 50.3 Å². The quantitative estimate of drug-likeness (QED) is 0.699. The SMILES string of the molecule is Cc1cccc(NC(=O)C(Cc2ccccc2)N2C(=O)C3CCC(C)(C2=O)C3(C)C)c1C. The Labute approximate surface area is 190 Å². The van der Waals surface area contributed by atoms with Crippen LogP contribution in [0.3, 0.4) is 0 Å². The number of benzene rings is 2. The topological polar surface area (TPSA) is 66.5 Å². The molecular formula is C27H32N2O3. The molecule has 1 aliphatic heterocycles. The van der Waals surface area contributed by atoms with Gasteiger partial charge < -0.3 is 5.32 Å². The number of rotatable bonds is 5. The molecule has 5 nitrogen and oxygen atoms in total. The summed E-state index contributed by atoms with van der Waals surface area (Å²) in [5, 5.41) is 3.01. The van der Waals surface area contributed by atoms with E-state index >= 15 is 0 Å². The van der Waals surface area contributed by atoms with Gasteiger partial charge in [-0.25, -0.2) is 0 Å². The van der Waals surface area contributed by atoms with E-state index in [0.717, 1.165) is 16.7 Å². The van der Waals surface area contributed by atoms with Gasteiger partial charge in [-0.3, -0.25) is 19.3 Å². The average Bonchev–Trinajstić information content (AvgIpc) is 2.94. The van der Waals surface area contributed by atoms with Crippen molar-refractivity contribution in [2.24, 2.45) is 16.7 Å². The van der Waals surface area contributed by atoms with Crippen LogP contribution in [-0.4, -0.2) is 28.7 Å². The number of aryl methyl sites for hydroxylation is 1. The molecule has 1 saturated carbocycles. The summed E-state index contributed by atoms with van der Waals surface area (Å²) in [4.78, 5) is 42.3. The Morgan fingerprint density at radius 3 is 2.44 bits per heavy atom. The Morgan fingerprint density at radius 2 is 1.75 bits per heavy atom. The maximum absolute atomic E-state index is 13.8. The van der Waals surface area contributed by atoms with E-state index in [1.807, 2.05) is 83.1 Å². The van der Waals surface area contributed by atoms with Gasteiger partial charge in [-0.2, -0.15) is 0 Å². The van der Waals surface area contributed by atoms with Gasteiger partial charge in [0.25, 0.3) is 0 Å². The number of hydrogen-bond donors (Lipinski definition) is 1. The number of nitrogens with zero attached hydrogens (tertiary/aromatic N) is 1. The Kier molecular flexibility index (Phi) is 5.48. The van der Waals surface area contributed by atoms with Crippen molar-refractivity contribution in [1.29, 1.82) is 0 Å². The molecule has 3 amide bonds. The van der Waals surface area contributed by atoms with Crippen LogP contribution in [0.5, 0.6) is 0 Å². The fourth-order valence-corrected chi connectivity index (χ4v) is 5.39. The predicted octanol–water partition coefficient (Wildman–Crippen LogP) is 4.66. The minimum Gasteiger partial charge on any atom is -0.324 e. The first-order valence-corrected chi connectivity index (χ1v) is 11.4. The smallest absolute Gasteiger partial charge is 0.248 e. The summed E-state index contributed by atoms with van der Waals surface area (Å²) in [6.07, 6.45) is 1.64. The van der Waals surface area contributed by atoms with E-state index in [1.165, 1.54) is 4.90 Å². The second kappa shape index (κ2) is 7.88. The monoisotopic (exact) mass is 432 g/mol. The van der Waals surface area contributed by atoms with E-state index in [2.05, 4.69) is 5.32 Å². The lowest BCUT2D eigenvalue weighted by atomic mass is 9.62. The van der Waals surface area contributed by atoms with Crippen LogP contribution in [0, 0.1) is 30.6 Å². The van der Waals surface area contributed by atoms with E-state index in [-0.39, 0.29) is 30.1 Å². The first kappa shape index (κ1) is 22.3. The van der Waals surface area contributed by atoms with Crippen molar-refractivity contribution in [2.75, 3.05) is 5.32 Å². The Balaban J connectivity index is 1.73. The number of imide groups is 1. The van der Waals surface area contributed by atoms with Crippen LogP contribution in [0.15, 0.2) is 48.5 Å². The maximum Gasteiger partial charge on any atom is 0.248 e. The molecule has 1 heterocycles. The summed E-state index contributed by atoms with van der Waals surface area (Å²) in [5.41, 5.74) is 2.60. The molecule has 2 aliphatic rings. The molecule has 1 aliphatic carbocycles. The first-order chi connectivity index (χ1) is 15.1. The van der Waals surface area contributed by atoms with E-state index in [0.29, 0.717) is 18.5 Å². The van der Waals surface area contributed by atoms with Crippen LogP contribution in [0.2, 0.25) is 0 Å². The molecule has 0 spiro atoms. The van der Waals surface area contributed by atoms with Gasteiger partial charge in [0.2, 0.25) is 17.7 Å². The van der Waals surface area contributed by atoms with Crippen molar-refractivity contribution in [3.63, 3.8) is 0 Å². The van der Waals surface area contributed by atoms with Gasteiger partial charge in [-0.05, 0) is 54.9 Å². The molecule has 1 N–H and O–H groups in total. The molecule has 32 heavy (non-hydrogen) atoms. The molecule has 2 aromatic rings. The lowest BCUT2D eigenvalue weighted by Gasteiger charge is -2.49. The Bertz CT molecular complexity index is 1080. The fourth-order valence-electron chi connectivity index (χ4n) is 5.39. The largest absolute Gasteiger partial charge is 0.324 e. The molecule has 4 rings (SSSR count). The molecule has 3 unspecified atom stereocenters. The van der Waals surface area contributed by atoms with Crippen molar-refractivity contribution in [3.8, 4) is 0 Å². The van der Waals surface area contributed by atoms with E-state index in [9.17, 15) is 14.4 Å². The van der Waals surface area contributed by atoms with E-state index in [1.54, 1.807) is 0 Å². The van der Waals surface area contributed by atoms with Crippen LogP contribution >= 0.6 is 0 Å². The zero-order valence-corrected chi connectivity index (χ0v) is 19.6. The number of likely N-dealkylation sites (tertiary alicyclic amines) is 1. The zero-order chi connectivity index (χ0) is 23.3. The lowest BCUT2D eigenvalue weighted by molar-refractivity contribution is -0.172. The molecule has 5 heteroatoms. The zero-order valence-electron chi connectivity index (χ0n) is 19.6. The number of fused-ring (bicyclic) bond motifs is 2. The van der Waals surface area contributed by atoms with Crippen molar-refractivity contribution < 1.29 is 14.4 Å². The van der Waals surface area contributed by atoms with Gasteiger partial charge in [0, 0.05) is 18.0 Å². The number of carbonyl (C=O) groups is 3. The Hall–Kier alpha value is -2.95. The second-order valence-corrected chi connectivity index (χ2v) is 10.1. The maximum atomic E-state index is 13.8. The first-order valence-electron chi connectivity index (χ1n) is 11.4. The van der Waals surface area contributed by atoms with Gasteiger partial charge in [-0.15, -0.1) is 0 Å². The predicted molar refractivity (Wildman–Crippen MR) is 125 cm³/mol. The van der Waals surface area contributed by atoms with E-state index < -0.39 is 16.9 Å². The lowest BCUT2D eigenvalue weighted by Crippen LogP contribution is -2.64. The summed E-state index contributed by atoms with van der Waals surface area (Å²) >= 11 is 0. The van der Waals surface area contributed by atoms with E-state index in [4.69, 9.17) is 0 Å². The number of hydrogen-bond acceptors (Lipinski definition) is 3. The molecule has 3 atom stereocenters. The highest BCUT2D eigenvalue weighted by Gasteiger charge is 2.65. The van der Waals surface area contributed by atoms with Crippen molar-refractivity contribution in [2.45, 2.75) is 59.9 Å². The highest BCUT2D eigenvalue weighted by Crippen LogP contribution is 2.60. The van der Waals surface area contributed by atoms with Gasteiger partial charge in [0.05, 0.1) is 5.41 Å². The summed E-state index contributed by atoms with van der Waals surface area (Å²) in [7, 11) is 0. The summed E-state index contributed by atoms with van der Waals surface area (Å²) in [6.45, 7) is 9.93. The highest BCUT2D eigenvalue weighted by atomic mass is 16.2. The molecular weight excluding hydrogens is 400 g/mol. The van der Waals surface area contributed by atoms with Gasteiger partial charge >= 0.3 is 0 Å². The summed E-state index contributed by atoms with van der Waals surface area (Å²) < 4.78 is 0. The minimum atomic E-state index is -0.895. The number of carbonyl (C=O) groups excluding carboxylic acids is 3. The molecule has 0 radical (unpaired) electrons. The average molecular weight is 433 g/mol. The minimum absolute atomic E-state index is 0.216. The molecule has 2 fully saturated rings. The third-order valence-corrected chi connectivity index (χ3v) is 8.20.